The molecule has 144 valence electrons. The Labute approximate surface area is 171 Å². The first-order chi connectivity index (χ1) is 13.0. The van der Waals surface area contributed by atoms with Crippen LogP contribution in [0.3, 0.4) is 0 Å². The topological polar surface area (TPSA) is 68.3 Å². The molecule has 0 aliphatic heterocycles. The Hall–Kier alpha value is -1.86. The van der Waals surface area contributed by atoms with Crippen LogP contribution in [0.5, 0.6) is 0 Å². The van der Waals surface area contributed by atoms with Gasteiger partial charge in [-0.3, -0.25) is 0 Å². The Morgan fingerprint density at radius 3 is 1.39 bits per heavy atom. The van der Waals surface area contributed by atoms with Gasteiger partial charge in [0.25, 0.3) is 18.1 Å². The number of rotatable bonds is 2. The predicted molar refractivity (Wildman–Crippen MR) is 115 cm³/mol. The standard InChI is InChI=1S/C20H14Cl2O4S2/c1-11-5-3-7-14-16(27(21,23)24)9-13-10-17(28(22,25)26)15-8-4-6-12(2)19(15)20(13)18(11)14/h3-10H,1-2H3. The summed E-state index contributed by atoms with van der Waals surface area (Å²) in [5.41, 5.74) is 1.71. The van der Waals surface area contributed by atoms with Crippen LogP contribution in [0.2, 0.25) is 0 Å². The van der Waals surface area contributed by atoms with E-state index in [4.69, 9.17) is 21.4 Å². The van der Waals surface area contributed by atoms with Crippen molar-refractivity contribution >= 4 is 71.8 Å². The number of fused-ring (bicyclic) bond motifs is 5. The third kappa shape index (κ3) is 2.95. The van der Waals surface area contributed by atoms with Crippen molar-refractivity contribution in [3.63, 3.8) is 0 Å². The van der Waals surface area contributed by atoms with Gasteiger partial charge in [-0.1, -0.05) is 36.4 Å². The summed E-state index contributed by atoms with van der Waals surface area (Å²) >= 11 is 0. The second-order valence-electron chi connectivity index (χ2n) is 6.72. The molecule has 0 atom stereocenters. The highest BCUT2D eigenvalue weighted by Gasteiger charge is 2.23. The second-order valence-corrected chi connectivity index (χ2v) is 11.8. The van der Waals surface area contributed by atoms with Gasteiger partial charge in [-0.2, -0.15) is 0 Å². The van der Waals surface area contributed by atoms with Crippen LogP contribution >= 0.6 is 21.4 Å². The lowest BCUT2D eigenvalue weighted by Crippen LogP contribution is -1.98. The molecule has 0 aliphatic carbocycles. The summed E-state index contributed by atoms with van der Waals surface area (Å²) in [6.45, 7) is 3.76. The van der Waals surface area contributed by atoms with Gasteiger partial charge in [0.2, 0.25) is 0 Å². The van der Waals surface area contributed by atoms with E-state index in [1.165, 1.54) is 12.1 Å². The van der Waals surface area contributed by atoms with E-state index >= 15 is 0 Å². The van der Waals surface area contributed by atoms with Gasteiger partial charge < -0.3 is 0 Å². The van der Waals surface area contributed by atoms with Gasteiger partial charge in [0.05, 0.1) is 9.79 Å². The minimum absolute atomic E-state index is 0.0637. The Kier molecular flexibility index (Phi) is 4.39. The van der Waals surface area contributed by atoms with Gasteiger partial charge in [-0.25, -0.2) is 16.8 Å². The molecule has 8 heteroatoms. The van der Waals surface area contributed by atoms with E-state index in [2.05, 4.69) is 0 Å². The first-order valence-electron chi connectivity index (χ1n) is 8.28. The smallest absolute Gasteiger partial charge is 0.207 e. The minimum Gasteiger partial charge on any atom is -0.207 e. The van der Waals surface area contributed by atoms with Crippen LogP contribution in [0.4, 0.5) is 0 Å². The number of benzene rings is 4. The van der Waals surface area contributed by atoms with E-state index in [0.717, 1.165) is 27.3 Å². The molecule has 0 radical (unpaired) electrons. The van der Waals surface area contributed by atoms with Gasteiger partial charge >= 0.3 is 0 Å². The van der Waals surface area contributed by atoms with Crippen LogP contribution in [0.15, 0.2) is 58.3 Å². The monoisotopic (exact) mass is 452 g/mol. The second kappa shape index (κ2) is 6.32. The molecule has 0 N–H and O–H groups in total. The lowest BCUT2D eigenvalue weighted by atomic mass is 9.92. The zero-order chi connectivity index (χ0) is 20.4. The summed E-state index contributed by atoms with van der Waals surface area (Å²) in [5, 5.41) is 3.65. The largest absolute Gasteiger partial charge is 0.261 e. The molecular formula is C20H14Cl2O4S2. The Bertz CT molecular complexity index is 1410. The Balaban J connectivity index is 2.47. The fraction of sp³-hybridized carbons (Fsp3) is 0.100. The molecule has 4 nitrogen and oxygen atoms in total. The molecule has 4 aromatic carbocycles. The molecule has 4 aromatic rings. The molecule has 0 saturated carbocycles. The fourth-order valence-electron chi connectivity index (χ4n) is 3.85. The van der Waals surface area contributed by atoms with Crippen molar-refractivity contribution in [2.75, 3.05) is 0 Å². The highest BCUT2D eigenvalue weighted by atomic mass is 35.7. The number of aryl methyl sites for hydroxylation is 2. The molecule has 0 heterocycles. The highest BCUT2D eigenvalue weighted by molar-refractivity contribution is 8.14. The lowest BCUT2D eigenvalue weighted by Gasteiger charge is -2.16. The molecule has 0 unspecified atom stereocenters. The van der Waals surface area contributed by atoms with Gasteiger partial charge in [-0.15, -0.1) is 0 Å². The van der Waals surface area contributed by atoms with Gasteiger partial charge in [-0.05, 0) is 58.7 Å². The summed E-state index contributed by atoms with van der Waals surface area (Å²) in [6, 6.07) is 13.5. The normalized spacial score (nSPS) is 12.9. The molecule has 0 aliphatic rings. The van der Waals surface area contributed by atoms with E-state index in [-0.39, 0.29) is 9.79 Å². The fourth-order valence-corrected chi connectivity index (χ4v) is 6.02. The van der Waals surface area contributed by atoms with E-state index in [9.17, 15) is 16.8 Å². The maximum Gasteiger partial charge on any atom is 0.261 e. The summed E-state index contributed by atoms with van der Waals surface area (Å²) < 4.78 is 48.9. The van der Waals surface area contributed by atoms with Gasteiger partial charge in [0, 0.05) is 32.1 Å². The van der Waals surface area contributed by atoms with Crippen LogP contribution in [0.25, 0.3) is 32.3 Å². The van der Waals surface area contributed by atoms with Crippen molar-refractivity contribution in [3.8, 4) is 0 Å². The molecule has 28 heavy (non-hydrogen) atoms. The summed E-state index contributed by atoms with van der Waals surface area (Å²) in [7, 11) is 3.28. The Morgan fingerprint density at radius 2 is 1.04 bits per heavy atom. The molecule has 0 bridgehead atoms. The van der Waals surface area contributed by atoms with E-state index in [1.54, 1.807) is 24.3 Å². The van der Waals surface area contributed by atoms with Gasteiger partial charge in [0.15, 0.2) is 0 Å². The molecule has 0 fully saturated rings. The highest BCUT2D eigenvalue weighted by Crippen LogP contribution is 2.42. The molecular weight excluding hydrogens is 439 g/mol. The minimum atomic E-state index is -4.06. The quantitative estimate of drug-likeness (QED) is 0.292. The summed E-state index contributed by atoms with van der Waals surface area (Å²) in [6.07, 6.45) is 0. The Morgan fingerprint density at radius 1 is 0.643 bits per heavy atom. The lowest BCUT2D eigenvalue weighted by molar-refractivity contribution is 0.609. The van der Waals surface area contributed by atoms with Crippen molar-refractivity contribution in [1.29, 1.82) is 0 Å². The van der Waals surface area contributed by atoms with Gasteiger partial charge in [0.1, 0.15) is 0 Å². The van der Waals surface area contributed by atoms with Crippen molar-refractivity contribution in [2.45, 2.75) is 23.6 Å². The molecule has 0 aromatic heterocycles. The van der Waals surface area contributed by atoms with Crippen LogP contribution in [-0.2, 0) is 18.1 Å². The van der Waals surface area contributed by atoms with E-state index < -0.39 is 18.1 Å². The van der Waals surface area contributed by atoms with Crippen molar-refractivity contribution < 1.29 is 16.8 Å². The zero-order valence-electron chi connectivity index (χ0n) is 14.8. The summed E-state index contributed by atoms with van der Waals surface area (Å²) in [5.74, 6) is 0. The maximum absolute atomic E-state index is 12.2. The van der Waals surface area contributed by atoms with Crippen molar-refractivity contribution in [1.82, 2.24) is 0 Å². The molecule has 0 spiro atoms. The number of halogens is 2. The first-order valence-corrected chi connectivity index (χ1v) is 12.9. The molecule has 4 rings (SSSR count). The van der Waals surface area contributed by atoms with Crippen LogP contribution < -0.4 is 0 Å². The van der Waals surface area contributed by atoms with Crippen molar-refractivity contribution in [3.05, 3.63) is 59.7 Å². The average Bonchev–Trinajstić information content (AvgIpc) is 2.58. The maximum atomic E-state index is 12.2. The third-order valence-corrected chi connectivity index (χ3v) is 7.69. The van der Waals surface area contributed by atoms with Crippen LogP contribution in [0.1, 0.15) is 11.1 Å². The molecule has 0 saturated heterocycles. The van der Waals surface area contributed by atoms with Crippen molar-refractivity contribution in [2.24, 2.45) is 0 Å². The van der Waals surface area contributed by atoms with E-state index in [0.29, 0.717) is 16.2 Å². The number of hydrogen-bond acceptors (Lipinski definition) is 4. The van der Waals surface area contributed by atoms with E-state index in [1.807, 2.05) is 26.0 Å². The summed E-state index contributed by atoms with van der Waals surface area (Å²) in [4.78, 5) is -0.127. The first kappa shape index (κ1) is 19.5. The average molecular weight is 453 g/mol. The SMILES string of the molecule is Cc1cccc2c(S(=O)(=O)Cl)cc3cc(S(=O)(=O)Cl)c4cccc(C)c4c3c12. The predicted octanol–water partition coefficient (Wildman–Crippen LogP) is 5.62. The zero-order valence-corrected chi connectivity index (χ0v) is 18.0. The van der Waals surface area contributed by atoms with Crippen LogP contribution in [0, 0.1) is 13.8 Å². The molecule has 0 amide bonds. The third-order valence-electron chi connectivity index (χ3n) is 4.96. The van der Waals surface area contributed by atoms with Crippen LogP contribution in [-0.4, -0.2) is 16.8 Å². The number of hydrogen-bond donors (Lipinski definition) is 0.